The van der Waals surface area contributed by atoms with E-state index in [-0.39, 0.29) is 17.7 Å². The highest BCUT2D eigenvalue weighted by atomic mass is 16.2. The van der Waals surface area contributed by atoms with Gasteiger partial charge in [0.05, 0.1) is 6.54 Å². The Morgan fingerprint density at radius 2 is 2.14 bits per heavy atom. The van der Waals surface area contributed by atoms with Crippen LogP contribution in [0.15, 0.2) is 4.99 Å². The maximum absolute atomic E-state index is 12.6. The molecule has 0 N–H and O–H groups in total. The summed E-state index contributed by atoms with van der Waals surface area (Å²) in [5.41, 5.74) is -0.542. The van der Waals surface area contributed by atoms with Gasteiger partial charge in [-0.3, -0.25) is 19.5 Å². The van der Waals surface area contributed by atoms with Gasteiger partial charge in [-0.25, -0.2) is 0 Å². The Labute approximate surface area is 125 Å². The molecule has 0 aromatic carbocycles. The summed E-state index contributed by atoms with van der Waals surface area (Å²) in [6.45, 7) is 4.07. The lowest BCUT2D eigenvalue weighted by molar-refractivity contribution is -0.131. The number of amides is 2. The van der Waals surface area contributed by atoms with Crippen molar-refractivity contribution in [1.29, 1.82) is 0 Å². The van der Waals surface area contributed by atoms with Crippen LogP contribution in [0.2, 0.25) is 0 Å². The second kappa shape index (κ2) is 4.80. The van der Waals surface area contributed by atoms with Crippen LogP contribution in [0.3, 0.4) is 0 Å². The molecule has 116 valence electrons. The Bertz CT molecular complexity index is 516. The molecule has 1 spiro atoms. The van der Waals surface area contributed by atoms with Crippen molar-refractivity contribution < 1.29 is 9.59 Å². The quantitative estimate of drug-likeness (QED) is 0.722. The zero-order valence-electron chi connectivity index (χ0n) is 13.3. The Morgan fingerprint density at radius 1 is 1.43 bits per heavy atom. The summed E-state index contributed by atoms with van der Waals surface area (Å²) in [6, 6.07) is 0. The van der Waals surface area contributed by atoms with Gasteiger partial charge in [0.25, 0.3) is 5.91 Å². The number of hydrogen-bond acceptors (Lipinski definition) is 4. The normalized spacial score (nSPS) is 35.5. The van der Waals surface area contributed by atoms with E-state index >= 15 is 0 Å². The van der Waals surface area contributed by atoms with Gasteiger partial charge in [-0.15, -0.1) is 0 Å². The van der Waals surface area contributed by atoms with Gasteiger partial charge in [0.15, 0.2) is 0 Å². The number of carbonyl (C=O) groups is 2. The molecule has 0 unspecified atom stereocenters. The molecule has 6 heteroatoms. The predicted molar refractivity (Wildman–Crippen MR) is 80.0 cm³/mol. The molecule has 2 aliphatic heterocycles. The van der Waals surface area contributed by atoms with Crippen molar-refractivity contribution in [3.05, 3.63) is 0 Å². The van der Waals surface area contributed by atoms with Gasteiger partial charge in [0.2, 0.25) is 5.91 Å². The number of aliphatic imine (C=N–C) groups is 1. The minimum atomic E-state index is -0.542. The minimum Gasteiger partial charge on any atom is -0.348 e. The number of nitrogens with zero attached hydrogens (tertiary/aromatic N) is 4. The van der Waals surface area contributed by atoms with Crippen LogP contribution in [0.5, 0.6) is 0 Å². The van der Waals surface area contributed by atoms with Gasteiger partial charge in [-0.1, -0.05) is 0 Å². The number of likely N-dealkylation sites (N-methyl/N-ethyl adjacent to an activating group) is 2. The van der Waals surface area contributed by atoms with Crippen molar-refractivity contribution in [2.75, 3.05) is 40.8 Å². The monoisotopic (exact) mass is 292 g/mol. The lowest BCUT2D eigenvalue weighted by Crippen LogP contribution is -2.45. The van der Waals surface area contributed by atoms with E-state index in [9.17, 15) is 9.59 Å². The molecule has 2 fully saturated rings. The Morgan fingerprint density at radius 3 is 2.71 bits per heavy atom. The van der Waals surface area contributed by atoms with Gasteiger partial charge in [0, 0.05) is 40.2 Å². The highest BCUT2D eigenvalue weighted by Gasteiger charge is 2.60. The smallest absolute Gasteiger partial charge is 0.255 e. The zero-order valence-corrected chi connectivity index (χ0v) is 13.3. The summed E-state index contributed by atoms with van der Waals surface area (Å²) >= 11 is 0. The molecule has 6 nitrogen and oxygen atoms in total. The van der Waals surface area contributed by atoms with Crippen LogP contribution >= 0.6 is 0 Å². The van der Waals surface area contributed by atoms with Crippen LogP contribution in [-0.2, 0) is 9.59 Å². The molecule has 21 heavy (non-hydrogen) atoms. The minimum absolute atomic E-state index is 0.124. The summed E-state index contributed by atoms with van der Waals surface area (Å²) in [4.78, 5) is 34.8. The maximum Gasteiger partial charge on any atom is 0.255 e. The lowest BCUT2D eigenvalue weighted by atomic mass is 9.85. The number of hydrogen-bond donors (Lipinski definition) is 0. The van der Waals surface area contributed by atoms with E-state index < -0.39 is 5.54 Å². The topological polar surface area (TPSA) is 56.2 Å². The van der Waals surface area contributed by atoms with E-state index in [1.165, 1.54) is 0 Å². The number of carbonyl (C=O) groups excluding carboxylic acids is 2. The molecule has 2 heterocycles. The molecule has 1 saturated carbocycles. The van der Waals surface area contributed by atoms with Crippen molar-refractivity contribution in [3.8, 4) is 0 Å². The van der Waals surface area contributed by atoms with E-state index in [1.807, 2.05) is 14.0 Å². The molecular weight excluding hydrogens is 268 g/mol. The third kappa shape index (κ3) is 2.08. The fourth-order valence-electron chi connectivity index (χ4n) is 4.10. The molecule has 1 saturated heterocycles. The van der Waals surface area contributed by atoms with Crippen LogP contribution in [0.4, 0.5) is 0 Å². The van der Waals surface area contributed by atoms with E-state index in [0.717, 1.165) is 31.8 Å². The Hall–Kier alpha value is -1.43. The summed E-state index contributed by atoms with van der Waals surface area (Å²) in [7, 11) is 5.37. The van der Waals surface area contributed by atoms with Gasteiger partial charge in [-0.05, 0) is 25.7 Å². The molecule has 2 amide bonds. The molecule has 1 aliphatic carbocycles. The number of fused-ring (bicyclic) bond motifs is 2. The molecule has 3 rings (SSSR count). The SMILES string of the molecule is CC1=N[C@]2(CC[C@H]3CN(CC(=O)N(C)C)C[C@H]32)C(=O)N1C. The molecule has 3 atom stereocenters. The summed E-state index contributed by atoms with van der Waals surface area (Å²) in [6.07, 6.45) is 1.89. The third-order valence-corrected chi connectivity index (χ3v) is 5.41. The highest BCUT2D eigenvalue weighted by Crippen LogP contribution is 2.49. The fraction of sp³-hybridized carbons (Fsp3) is 0.800. The largest absolute Gasteiger partial charge is 0.348 e. The molecule has 0 aromatic rings. The zero-order chi connectivity index (χ0) is 15.4. The molecule has 0 bridgehead atoms. The van der Waals surface area contributed by atoms with Crippen molar-refractivity contribution in [1.82, 2.24) is 14.7 Å². The fourth-order valence-corrected chi connectivity index (χ4v) is 4.10. The van der Waals surface area contributed by atoms with Gasteiger partial charge in [0.1, 0.15) is 11.4 Å². The van der Waals surface area contributed by atoms with Gasteiger partial charge >= 0.3 is 0 Å². The number of likely N-dealkylation sites (tertiary alicyclic amines) is 1. The van der Waals surface area contributed by atoms with Crippen LogP contribution in [0.25, 0.3) is 0 Å². The Balaban J connectivity index is 1.76. The average molecular weight is 292 g/mol. The summed E-state index contributed by atoms with van der Waals surface area (Å²) < 4.78 is 0. The maximum atomic E-state index is 12.6. The first-order valence-electron chi connectivity index (χ1n) is 7.62. The molecule has 0 radical (unpaired) electrons. The van der Waals surface area contributed by atoms with Crippen LogP contribution in [-0.4, -0.2) is 78.7 Å². The lowest BCUT2D eigenvalue weighted by Gasteiger charge is -2.27. The first-order valence-corrected chi connectivity index (χ1v) is 7.62. The van der Waals surface area contributed by atoms with Crippen LogP contribution < -0.4 is 0 Å². The van der Waals surface area contributed by atoms with E-state index in [4.69, 9.17) is 4.99 Å². The summed E-state index contributed by atoms with van der Waals surface area (Å²) in [5, 5.41) is 0. The first kappa shape index (κ1) is 14.5. The van der Waals surface area contributed by atoms with E-state index in [1.54, 1.807) is 23.9 Å². The van der Waals surface area contributed by atoms with Crippen molar-refractivity contribution in [2.24, 2.45) is 16.8 Å². The van der Waals surface area contributed by atoms with Crippen LogP contribution in [0, 0.1) is 11.8 Å². The second-order valence-electron chi connectivity index (χ2n) is 6.83. The van der Waals surface area contributed by atoms with Gasteiger partial charge in [-0.2, -0.15) is 0 Å². The second-order valence-corrected chi connectivity index (χ2v) is 6.83. The predicted octanol–water partition coefficient (Wildman–Crippen LogP) is 0.0456. The van der Waals surface area contributed by atoms with E-state index in [0.29, 0.717) is 12.5 Å². The Kier molecular flexibility index (Phi) is 3.31. The molecule has 0 aromatic heterocycles. The highest BCUT2D eigenvalue weighted by molar-refractivity contribution is 6.07. The molecule has 3 aliphatic rings. The third-order valence-electron chi connectivity index (χ3n) is 5.41. The van der Waals surface area contributed by atoms with Crippen molar-refractivity contribution in [3.63, 3.8) is 0 Å². The van der Waals surface area contributed by atoms with E-state index in [2.05, 4.69) is 4.90 Å². The van der Waals surface area contributed by atoms with Crippen LogP contribution in [0.1, 0.15) is 19.8 Å². The van der Waals surface area contributed by atoms with Crippen molar-refractivity contribution in [2.45, 2.75) is 25.3 Å². The van der Waals surface area contributed by atoms with Gasteiger partial charge < -0.3 is 9.80 Å². The summed E-state index contributed by atoms with van der Waals surface area (Å²) in [5.74, 6) is 1.85. The average Bonchev–Trinajstić information content (AvgIpc) is 3.02. The first-order chi connectivity index (χ1) is 9.85. The standard InChI is InChI=1S/C15H24N4O2/c1-10-16-15(14(21)18(10)4)6-5-11-7-19(8-12(11)15)9-13(20)17(2)3/h11-12H,5-9H2,1-4H3/t11-,12+,15-/m0/s1. The number of rotatable bonds is 2. The molecular formula is C15H24N4O2. The van der Waals surface area contributed by atoms with Crippen molar-refractivity contribution >= 4 is 17.6 Å². The number of amidine groups is 1.